The van der Waals surface area contributed by atoms with Crippen molar-refractivity contribution in [3.63, 3.8) is 0 Å². The maximum atomic E-state index is 11.2. The summed E-state index contributed by atoms with van der Waals surface area (Å²) < 4.78 is 9.95. The first-order chi connectivity index (χ1) is 8.19. The summed E-state index contributed by atoms with van der Waals surface area (Å²) in [4.78, 5) is 12.3. The van der Waals surface area contributed by atoms with Gasteiger partial charge in [-0.1, -0.05) is 29.5 Å². The normalized spacial score (nSPS) is 10.2. The summed E-state index contributed by atoms with van der Waals surface area (Å²) in [6, 6.07) is 11.5. The summed E-state index contributed by atoms with van der Waals surface area (Å²) in [6.07, 6.45) is 0. The number of benzene rings is 1. The molecule has 0 N–H and O–H groups in total. The molecule has 3 nitrogen and oxygen atoms in total. The summed E-state index contributed by atoms with van der Waals surface area (Å²) in [5.74, 6) is -0.233. The lowest BCUT2D eigenvalue weighted by molar-refractivity contribution is 0.0559. The first-order valence-electron chi connectivity index (χ1n) is 5.12. The van der Waals surface area contributed by atoms with E-state index in [1.807, 2.05) is 25.1 Å². The van der Waals surface area contributed by atoms with E-state index in [0.717, 1.165) is 4.90 Å². The lowest BCUT2D eigenvalue weighted by Crippen LogP contribution is -1.97. The molecule has 0 aliphatic carbocycles. The maximum Gasteiger partial charge on any atom is 0.374 e. The lowest BCUT2D eigenvalue weighted by Gasteiger charge is -1.99. The van der Waals surface area contributed by atoms with Crippen LogP contribution in [-0.2, 0) is 4.74 Å². The number of hydrogen-bond acceptors (Lipinski definition) is 4. The molecule has 88 valence electrons. The van der Waals surface area contributed by atoms with Gasteiger partial charge >= 0.3 is 5.97 Å². The maximum absolute atomic E-state index is 11.2. The van der Waals surface area contributed by atoms with Crippen LogP contribution in [0, 0.1) is 6.92 Å². The van der Waals surface area contributed by atoms with Crippen LogP contribution in [0.1, 0.15) is 16.1 Å². The molecule has 0 saturated carbocycles. The molecule has 0 unspecified atom stereocenters. The van der Waals surface area contributed by atoms with Crippen molar-refractivity contribution in [2.45, 2.75) is 16.9 Å². The van der Waals surface area contributed by atoms with Gasteiger partial charge in [-0.15, -0.1) is 0 Å². The number of rotatable bonds is 3. The van der Waals surface area contributed by atoms with Gasteiger partial charge in [0.1, 0.15) is 0 Å². The van der Waals surface area contributed by atoms with E-state index in [1.165, 1.54) is 24.4 Å². The highest BCUT2D eigenvalue weighted by atomic mass is 32.2. The van der Waals surface area contributed by atoms with Crippen molar-refractivity contribution in [2.24, 2.45) is 0 Å². The average Bonchev–Trinajstić information content (AvgIpc) is 2.76. The largest absolute Gasteiger partial charge is 0.463 e. The number of carbonyl (C=O) groups is 1. The Bertz CT molecular complexity index is 531. The van der Waals surface area contributed by atoms with Crippen molar-refractivity contribution in [3.05, 3.63) is 47.7 Å². The number of esters is 1. The number of carbonyl (C=O) groups excluding carboxylic acids is 1. The van der Waals surface area contributed by atoms with Crippen LogP contribution in [0.2, 0.25) is 0 Å². The summed E-state index contributed by atoms with van der Waals surface area (Å²) in [6.45, 7) is 2.03. The third-order valence-electron chi connectivity index (χ3n) is 2.18. The molecule has 0 spiro atoms. The molecule has 0 aliphatic rings. The van der Waals surface area contributed by atoms with Gasteiger partial charge in [-0.2, -0.15) is 0 Å². The standard InChI is InChI=1S/C13H12O3S/c1-9-4-3-5-10(8-9)17-12-7-6-11(16-12)13(14)15-2/h3-8H,1-2H3. The molecule has 2 rings (SSSR count). The fourth-order valence-corrected chi connectivity index (χ4v) is 2.27. The molecule has 0 radical (unpaired) electrons. The minimum atomic E-state index is -0.457. The topological polar surface area (TPSA) is 39.4 Å². The van der Waals surface area contributed by atoms with Gasteiger partial charge in [0.2, 0.25) is 5.76 Å². The van der Waals surface area contributed by atoms with E-state index in [1.54, 1.807) is 12.1 Å². The van der Waals surface area contributed by atoms with Gasteiger partial charge in [0.25, 0.3) is 0 Å². The third kappa shape index (κ3) is 2.91. The highest BCUT2D eigenvalue weighted by Crippen LogP contribution is 2.29. The fraction of sp³-hybridized carbons (Fsp3) is 0.154. The van der Waals surface area contributed by atoms with E-state index in [0.29, 0.717) is 5.09 Å². The number of hydrogen-bond donors (Lipinski definition) is 0. The van der Waals surface area contributed by atoms with Gasteiger partial charge in [-0.3, -0.25) is 0 Å². The Morgan fingerprint density at radius 3 is 2.82 bits per heavy atom. The van der Waals surface area contributed by atoms with E-state index in [2.05, 4.69) is 10.8 Å². The second kappa shape index (κ2) is 5.10. The molecular formula is C13H12O3S. The van der Waals surface area contributed by atoms with Gasteiger partial charge in [-0.25, -0.2) is 4.79 Å². The minimum Gasteiger partial charge on any atom is -0.463 e. The van der Waals surface area contributed by atoms with Crippen LogP contribution in [0.15, 0.2) is 50.8 Å². The van der Waals surface area contributed by atoms with Gasteiger partial charge < -0.3 is 9.15 Å². The predicted molar refractivity (Wildman–Crippen MR) is 65.3 cm³/mol. The van der Waals surface area contributed by atoms with E-state index < -0.39 is 5.97 Å². The van der Waals surface area contributed by atoms with Crippen LogP contribution in [0.3, 0.4) is 0 Å². The summed E-state index contributed by atoms with van der Waals surface area (Å²) in [7, 11) is 1.33. The fourth-order valence-electron chi connectivity index (χ4n) is 1.38. The first-order valence-corrected chi connectivity index (χ1v) is 5.93. The molecule has 0 fully saturated rings. The summed E-state index contributed by atoms with van der Waals surface area (Å²) >= 11 is 1.48. The van der Waals surface area contributed by atoms with Crippen molar-refractivity contribution >= 4 is 17.7 Å². The number of methoxy groups -OCH3 is 1. The van der Waals surface area contributed by atoms with Crippen molar-refractivity contribution in [1.82, 2.24) is 0 Å². The van der Waals surface area contributed by atoms with E-state index in [4.69, 9.17) is 4.42 Å². The Balaban J connectivity index is 2.14. The quantitative estimate of drug-likeness (QED) is 0.779. The van der Waals surface area contributed by atoms with Crippen LogP contribution in [0.4, 0.5) is 0 Å². The van der Waals surface area contributed by atoms with Crippen LogP contribution >= 0.6 is 11.8 Å². The van der Waals surface area contributed by atoms with Crippen molar-refractivity contribution in [1.29, 1.82) is 0 Å². The number of furan rings is 1. The Morgan fingerprint density at radius 2 is 2.12 bits per heavy atom. The smallest absolute Gasteiger partial charge is 0.374 e. The summed E-state index contributed by atoms with van der Waals surface area (Å²) in [5.41, 5.74) is 1.19. The van der Waals surface area contributed by atoms with E-state index in [-0.39, 0.29) is 5.76 Å². The second-order valence-electron chi connectivity index (χ2n) is 3.53. The Labute approximate surface area is 104 Å². The molecule has 1 aromatic carbocycles. The van der Waals surface area contributed by atoms with Gasteiger partial charge in [0.05, 0.1) is 7.11 Å². The molecule has 0 bridgehead atoms. The zero-order valence-electron chi connectivity index (χ0n) is 9.60. The summed E-state index contributed by atoms with van der Waals surface area (Å²) in [5, 5.41) is 0.677. The molecular weight excluding hydrogens is 236 g/mol. The molecule has 2 aromatic rings. The molecule has 4 heteroatoms. The van der Waals surface area contributed by atoms with Crippen molar-refractivity contribution in [2.75, 3.05) is 7.11 Å². The number of ether oxygens (including phenoxy) is 1. The Morgan fingerprint density at radius 1 is 1.29 bits per heavy atom. The van der Waals surface area contributed by atoms with E-state index >= 15 is 0 Å². The molecule has 1 aromatic heterocycles. The molecule has 17 heavy (non-hydrogen) atoms. The van der Waals surface area contributed by atoms with Crippen LogP contribution in [-0.4, -0.2) is 13.1 Å². The van der Waals surface area contributed by atoms with E-state index in [9.17, 15) is 4.79 Å². The first kappa shape index (κ1) is 11.8. The van der Waals surface area contributed by atoms with Crippen molar-refractivity contribution < 1.29 is 13.9 Å². The molecule has 1 heterocycles. The van der Waals surface area contributed by atoms with Crippen LogP contribution in [0.25, 0.3) is 0 Å². The molecule has 0 atom stereocenters. The van der Waals surface area contributed by atoms with Crippen molar-refractivity contribution in [3.8, 4) is 0 Å². The molecule has 0 saturated heterocycles. The zero-order valence-corrected chi connectivity index (χ0v) is 10.4. The Kier molecular flexibility index (Phi) is 3.54. The SMILES string of the molecule is COC(=O)c1ccc(Sc2cccc(C)c2)o1. The highest BCUT2D eigenvalue weighted by Gasteiger charge is 2.11. The van der Waals surface area contributed by atoms with Crippen LogP contribution < -0.4 is 0 Å². The third-order valence-corrected chi connectivity index (χ3v) is 3.09. The average molecular weight is 248 g/mol. The monoisotopic (exact) mass is 248 g/mol. The second-order valence-corrected chi connectivity index (χ2v) is 4.61. The number of aryl methyl sites for hydroxylation is 1. The Hall–Kier alpha value is -1.68. The van der Waals surface area contributed by atoms with Gasteiger partial charge in [-0.05, 0) is 31.2 Å². The molecule has 0 aliphatic heterocycles. The van der Waals surface area contributed by atoms with Gasteiger partial charge in [0, 0.05) is 4.90 Å². The minimum absolute atomic E-state index is 0.225. The van der Waals surface area contributed by atoms with Gasteiger partial charge in [0.15, 0.2) is 5.09 Å². The van der Waals surface area contributed by atoms with Crippen LogP contribution in [0.5, 0.6) is 0 Å². The zero-order chi connectivity index (χ0) is 12.3. The highest BCUT2D eigenvalue weighted by molar-refractivity contribution is 7.99. The predicted octanol–water partition coefficient (Wildman–Crippen LogP) is 3.53. The molecule has 0 amide bonds. The lowest BCUT2D eigenvalue weighted by atomic mass is 10.2.